The third kappa shape index (κ3) is 4.17. The molecule has 2 amide bonds. The van der Waals surface area contributed by atoms with Crippen LogP contribution in [0.1, 0.15) is 34.6 Å². The van der Waals surface area contributed by atoms with Gasteiger partial charge in [-0.25, -0.2) is 0 Å². The maximum Gasteiger partial charge on any atom is 0.322 e. The molecule has 0 saturated heterocycles. The van der Waals surface area contributed by atoms with Gasteiger partial charge in [-0.15, -0.1) is 0 Å². The summed E-state index contributed by atoms with van der Waals surface area (Å²) in [4.78, 5) is 36.9. The van der Waals surface area contributed by atoms with Crippen molar-refractivity contribution < 1.29 is 23.9 Å². The molecule has 0 radical (unpaired) electrons. The summed E-state index contributed by atoms with van der Waals surface area (Å²) < 4.78 is 9.60. The number of fused-ring (bicyclic) bond motifs is 1. The highest BCUT2D eigenvalue weighted by Gasteiger charge is 2.34. The number of ether oxygens (including phenoxy) is 2. The average Bonchev–Trinajstić information content (AvgIpc) is 2.74. The van der Waals surface area contributed by atoms with Gasteiger partial charge in [-0.2, -0.15) is 0 Å². The van der Waals surface area contributed by atoms with E-state index in [-0.39, 0.29) is 44.1 Å². The van der Waals surface area contributed by atoms with E-state index in [1.807, 2.05) is 0 Å². The van der Waals surface area contributed by atoms with Crippen molar-refractivity contribution in [1.29, 1.82) is 0 Å². The minimum atomic E-state index is -0.729. The summed E-state index contributed by atoms with van der Waals surface area (Å²) in [5.74, 6) is -0.982. The molecule has 0 unspecified atom stereocenters. The van der Waals surface area contributed by atoms with Crippen molar-refractivity contribution in [3.8, 4) is 0 Å². The summed E-state index contributed by atoms with van der Waals surface area (Å²) in [7, 11) is 0. The number of alkyl halides is 1. The first-order chi connectivity index (χ1) is 10.8. The first-order valence-corrected chi connectivity index (χ1v) is 8.01. The van der Waals surface area contributed by atoms with Crippen molar-refractivity contribution in [2.45, 2.75) is 18.2 Å². The standard InChI is InChI=1S/C16H18BrNO5/c1-16(2,17)15(21)23-10-9-22-8-7-18-13(19)11-5-3-4-6-12(11)14(18)20/h3-6H,7-10H2,1-2H3. The van der Waals surface area contributed by atoms with Crippen LogP contribution in [0.4, 0.5) is 0 Å². The van der Waals surface area contributed by atoms with Gasteiger partial charge in [0.1, 0.15) is 10.9 Å². The Morgan fingerprint density at radius 3 is 2.17 bits per heavy atom. The fourth-order valence-corrected chi connectivity index (χ4v) is 2.18. The molecule has 1 aromatic carbocycles. The van der Waals surface area contributed by atoms with Crippen LogP contribution in [0, 0.1) is 0 Å². The van der Waals surface area contributed by atoms with E-state index in [0.29, 0.717) is 11.1 Å². The topological polar surface area (TPSA) is 72.9 Å². The minimum Gasteiger partial charge on any atom is -0.462 e. The normalized spacial score (nSPS) is 14.1. The molecule has 0 aromatic heterocycles. The lowest BCUT2D eigenvalue weighted by Gasteiger charge is -2.16. The predicted molar refractivity (Wildman–Crippen MR) is 86.6 cm³/mol. The number of benzene rings is 1. The van der Waals surface area contributed by atoms with Gasteiger partial charge in [0.05, 0.1) is 30.9 Å². The fourth-order valence-electron chi connectivity index (χ4n) is 2.07. The van der Waals surface area contributed by atoms with E-state index in [4.69, 9.17) is 9.47 Å². The van der Waals surface area contributed by atoms with E-state index in [0.717, 1.165) is 4.90 Å². The number of rotatable bonds is 7. The smallest absolute Gasteiger partial charge is 0.322 e. The first-order valence-electron chi connectivity index (χ1n) is 7.21. The molecule has 0 bridgehead atoms. The van der Waals surface area contributed by atoms with Crippen molar-refractivity contribution in [1.82, 2.24) is 4.90 Å². The second-order valence-electron chi connectivity index (χ2n) is 5.53. The molecule has 1 aliphatic heterocycles. The zero-order chi connectivity index (χ0) is 17.0. The molecule has 0 N–H and O–H groups in total. The molecule has 0 atom stereocenters. The van der Waals surface area contributed by atoms with Gasteiger partial charge in [-0.3, -0.25) is 19.3 Å². The molecular formula is C16H18BrNO5. The van der Waals surface area contributed by atoms with E-state index >= 15 is 0 Å². The lowest BCUT2D eigenvalue weighted by molar-refractivity contribution is -0.146. The van der Waals surface area contributed by atoms with Gasteiger partial charge in [0, 0.05) is 0 Å². The van der Waals surface area contributed by atoms with Gasteiger partial charge in [0.2, 0.25) is 0 Å². The van der Waals surface area contributed by atoms with Crippen LogP contribution in [0.25, 0.3) is 0 Å². The van der Waals surface area contributed by atoms with Crippen molar-refractivity contribution >= 4 is 33.7 Å². The summed E-state index contributed by atoms with van der Waals surface area (Å²) in [6.45, 7) is 4.08. The van der Waals surface area contributed by atoms with Crippen molar-refractivity contribution in [3.63, 3.8) is 0 Å². The highest BCUT2D eigenvalue weighted by molar-refractivity contribution is 9.10. The number of nitrogens with zero attached hydrogens (tertiary/aromatic N) is 1. The van der Waals surface area contributed by atoms with Crippen LogP contribution in [-0.2, 0) is 14.3 Å². The number of hydrogen-bond acceptors (Lipinski definition) is 5. The summed E-state index contributed by atoms with van der Waals surface area (Å²) in [5.41, 5.74) is 0.844. The highest BCUT2D eigenvalue weighted by atomic mass is 79.9. The second-order valence-corrected chi connectivity index (χ2v) is 7.51. The van der Waals surface area contributed by atoms with Gasteiger partial charge in [0.25, 0.3) is 11.8 Å². The lowest BCUT2D eigenvalue weighted by Crippen LogP contribution is -2.33. The van der Waals surface area contributed by atoms with Gasteiger partial charge < -0.3 is 9.47 Å². The Morgan fingerprint density at radius 1 is 1.09 bits per heavy atom. The monoisotopic (exact) mass is 383 g/mol. The van der Waals surface area contributed by atoms with E-state index in [1.54, 1.807) is 38.1 Å². The Kier molecular flexibility index (Phi) is 5.54. The Balaban J connectivity index is 1.71. The Hall–Kier alpha value is -1.73. The van der Waals surface area contributed by atoms with Crippen LogP contribution in [0.2, 0.25) is 0 Å². The van der Waals surface area contributed by atoms with Crippen LogP contribution in [-0.4, -0.2) is 53.4 Å². The summed E-state index contributed by atoms with van der Waals surface area (Å²) in [6, 6.07) is 6.73. The largest absolute Gasteiger partial charge is 0.462 e. The number of hydrogen-bond donors (Lipinski definition) is 0. The molecule has 1 aliphatic rings. The number of amides is 2. The molecule has 124 valence electrons. The molecule has 1 aromatic rings. The molecule has 7 heteroatoms. The Bertz CT molecular complexity index is 588. The number of esters is 1. The molecule has 0 saturated carbocycles. The van der Waals surface area contributed by atoms with Crippen LogP contribution in [0.15, 0.2) is 24.3 Å². The van der Waals surface area contributed by atoms with Crippen LogP contribution < -0.4 is 0 Å². The zero-order valence-electron chi connectivity index (χ0n) is 13.0. The SMILES string of the molecule is CC(C)(Br)C(=O)OCCOCCN1C(=O)c2ccccc2C1=O. The van der Waals surface area contributed by atoms with Gasteiger partial charge >= 0.3 is 5.97 Å². The molecular weight excluding hydrogens is 366 g/mol. The van der Waals surface area contributed by atoms with Crippen molar-refractivity contribution in [3.05, 3.63) is 35.4 Å². The molecule has 6 nitrogen and oxygen atoms in total. The number of carbonyl (C=O) groups excluding carboxylic acids is 3. The predicted octanol–water partition coefficient (Wildman–Crippen LogP) is 2.02. The van der Waals surface area contributed by atoms with E-state index in [2.05, 4.69) is 15.9 Å². The quantitative estimate of drug-likeness (QED) is 0.311. The zero-order valence-corrected chi connectivity index (χ0v) is 14.6. The lowest BCUT2D eigenvalue weighted by atomic mass is 10.1. The van der Waals surface area contributed by atoms with Crippen molar-refractivity contribution in [2.24, 2.45) is 0 Å². The van der Waals surface area contributed by atoms with Gasteiger partial charge in [-0.1, -0.05) is 28.1 Å². The first kappa shape index (κ1) is 17.6. The second kappa shape index (κ2) is 7.23. The molecule has 1 heterocycles. The minimum absolute atomic E-state index is 0.121. The van der Waals surface area contributed by atoms with Crippen molar-refractivity contribution in [2.75, 3.05) is 26.4 Å². The maximum atomic E-state index is 12.1. The van der Waals surface area contributed by atoms with E-state index < -0.39 is 4.32 Å². The number of halogens is 1. The number of carbonyl (C=O) groups is 3. The Labute approximate surface area is 142 Å². The molecule has 23 heavy (non-hydrogen) atoms. The van der Waals surface area contributed by atoms with Gasteiger partial charge in [0.15, 0.2) is 0 Å². The molecule has 0 fully saturated rings. The third-order valence-corrected chi connectivity index (χ3v) is 3.61. The summed E-state index contributed by atoms with van der Waals surface area (Å²) in [6.07, 6.45) is 0. The average molecular weight is 384 g/mol. The summed E-state index contributed by atoms with van der Waals surface area (Å²) in [5, 5.41) is 0. The fraction of sp³-hybridized carbons (Fsp3) is 0.438. The maximum absolute atomic E-state index is 12.1. The molecule has 2 rings (SSSR count). The number of imide groups is 1. The molecule has 0 spiro atoms. The molecule has 0 aliphatic carbocycles. The van der Waals surface area contributed by atoms with E-state index in [1.165, 1.54) is 0 Å². The van der Waals surface area contributed by atoms with Crippen LogP contribution >= 0.6 is 15.9 Å². The Morgan fingerprint density at radius 2 is 1.65 bits per heavy atom. The van der Waals surface area contributed by atoms with Crippen LogP contribution in [0.5, 0.6) is 0 Å². The van der Waals surface area contributed by atoms with Crippen LogP contribution in [0.3, 0.4) is 0 Å². The summed E-state index contributed by atoms with van der Waals surface area (Å²) >= 11 is 3.20. The third-order valence-electron chi connectivity index (χ3n) is 3.28. The van der Waals surface area contributed by atoms with Gasteiger partial charge in [-0.05, 0) is 26.0 Å². The van der Waals surface area contributed by atoms with E-state index in [9.17, 15) is 14.4 Å². The highest BCUT2D eigenvalue weighted by Crippen LogP contribution is 2.21.